The van der Waals surface area contributed by atoms with Gasteiger partial charge in [0.05, 0.1) is 17.9 Å². The first kappa shape index (κ1) is 28.2. The fraction of sp³-hybridized carbons (Fsp3) is 0.441. The standard InChI is InChI=1S/C34H41NO5/c1-33(2,3)32(36)40-28-16-17-29-31(22-28)39-24-30(26-10-6-4-7-11-26)34(29,37)23-25-12-14-27(15-13-25)38-21-20-35-18-8-5-9-19-35/h4,6-7,10-17,22,30,37H,5,8-9,18-21,23-24H2,1-3H3. The van der Waals surface area contributed by atoms with Gasteiger partial charge >= 0.3 is 5.97 Å². The van der Waals surface area contributed by atoms with Crippen molar-refractivity contribution in [1.29, 1.82) is 0 Å². The maximum absolute atomic E-state index is 12.5. The Kier molecular flexibility index (Phi) is 8.48. The molecule has 0 radical (unpaired) electrons. The number of hydrogen-bond donors (Lipinski definition) is 1. The van der Waals surface area contributed by atoms with E-state index < -0.39 is 11.0 Å². The van der Waals surface area contributed by atoms with Crippen molar-refractivity contribution in [3.8, 4) is 17.2 Å². The van der Waals surface area contributed by atoms with Crippen LogP contribution >= 0.6 is 0 Å². The van der Waals surface area contributed by atoms with Crippen molar-refractivity contribution in [2.45, 2.75) is 58.0 Å². The van der Waals surface area contributed by atoms with Crippen LogP contribution in [0.1, 0.15) is 62.6 Å². The van der Waals surface area contributed by atoms with E-state index in [1.165, 1.54) is 19.3 Å². The number of piperidine rings is 1. The van der Waals surface area contributed by atoms with E-state index in [-0.39, 0.29) is 11.9 Å². The third-order valence-electron chi connectivity index (χ3n) is 7.95. The van der Waals surface area contributed by atoms with E-state index in [0.717, 1.165) is 36.5 Å². The Balaban J connectivity index is 1.35. The first-order chi connectivity index (χ1) is 19.2. The number of carbonyl (C=O) groups is 1. The van der Waals surface area contributed by atoms with Crippen molar-refractivity contribution in [3.05, 3.63) is 89.5 Å². The van der Waals surface area contributed by atoms with E-state index in [4.69, 9.17) is 14.2 Å². The van der Waals surface area contributed by atoms with E-state index in [9.17, 15) is 9.90 Å². The lowest BCUT2D eigenvalue weighted by Crippen LogP contribution is -2.42. The number of benzene rings is 3. The average molecular weight is 544 g/mol. The van der Waals surface area contributed by atoms with E-state index >= 15 is 0 Å². The second-order valence-corrected chi connectivity index (χ2v) is 12.1. The third kappa shape index (κ3) is 6.51. The van der Waals surface area contributed by atoms with Crippen LogP contribution in [0.5, 0.6) is 17.2 Å². The summed E-state index contributed by atoms with van der Waals surface area (Å²) >= 11 is 0. The fourth-order valence-corrected chi connectivity index (χ4v) is 5.57. The molecule has 6 nitrogen and oxygen atoms in total. The van der Waals surface area contributed by atoms with Crippen molar-refractivity contribution in [2.75, 3.05) is 32.8 Å². The molecule has 3 aromatic rings. The van der Waals surface area contributed by atoms with E-state index in [0.29, 0.717) is 36.7 Å². The molecule has 0 aliphatic carbocycles. The number of rotatable bonds is 8. The van der Waals surface area contributed by atoms with Crippen molar-refractivity contribution >= 4 is 5.97 Å². The molecule has 2 heterocycles. The molecule has 3 aromatic carbocycles. The van der Waals surface area contributed by atoms with Crippen LogP contribution in [0.4, 0.5) is 0 Å². The Labute approximate surface area is 237 Å². The Hall–Kier alpha value is -3.35. The van der Waals surface area contributed by atoms with Crippen molar-refractivity contribution < 1.29 is 24.1 Å². The SMILES string of the molecule is CC(C)(C)C(=O)Oc1ccc2c(c1)OCC(c1ccccc1)C2(O)Cc1ccc(OCCN2CCCCC2)cc1. The number of esters is 1. The highest BCUT2D eigenvalue weighted by Gasteiger charge is 2.45. The molecular formula is C34H41NO5. The topological polar surface area (TPSA) is 68.2 Å². The van der Waals surface area contributed by atoms with Crippen LogP contribution in [-0.4, -0.2) is 48.8 Å². The number of fused-ring (bicyclic) bond motifs is 1. The number of carbonyl (C=O) groups excluding carboxylic acids is 1. The van der Waals surface area contributed by atoms with Crippen molar-refractivity contribution in [2.24, 2.45) is 5.41 Å². The molecule has 0 saturated carbocycles. The van der Waals surface area contributed by atoms with E-state index in [1.807, 2.05) is 81.4 Å². The molecule has 0 amide bonds. The lowest BCUT2D eigenvalue weighted by molar-refractivity contribution is -0.143. The van der Waals surface area contributed by atoms with Gasteiger partial charge in [0.1, 0.15) is 29.5 Å². The maximum Gasteiger partial charge on any atom is 0.316 e. The second-order valence-electron chi connectivity index (χ2n) is 12.1. The second kappa shape index (κ2) is 12.0. The van der Waals surface area contributed by atoms with Gasteiger partial charge in [0, 0.05) is 24.6 Å². The summed E-state index contributed by atoms with van der Waals surface area (Å²) in [5.41, 5.74) is 0.849. The zero-order valence-corrected chi connectivity index (χ0v) is 23.9. The molecule has 2 aliphatic heterocycles. The number of ether oxygens (including phenoxy) is 3. The van der Waals surface area contributed by atoms with Crippen LogP contribution in [0.3, 0.4) is 0 Å². The lowest BCUT2D eigenvalue weighted by atomic mass is 9.72. The zero-order chi connectivity index (χ0) is 28.2. The van der Waals surface area contributed by atoms with Crippen LogP contribution in [0.15, 0.2) is 72.8 Å². The molecule has 1 N–H and O–H groups in total. The first-order valence-electron chi connectivity index (χ1n) is 14.4. The quantitative estimate of drug-likeness (QED) is 0.273. The molecular weight excluding hydrogens is 502 g/mol. The highest BCUT2D eigenvalue weighted by atomic mass is 16.5. The van der Waals surface area contributed by atoms with Crippen LogP contribution in [0, 0.1) is 5.41 Å². The van der Waals surface area contributed by atoms with E-state index in [1.54, 1.807) is 12.1 Å². The summed E-state index contributed by atoms with van der Waals surface area (Å²) in [6.07, 6.45) is 4.29. The summed E-state index contributed by atoms with van der Waals surface area (Å²) in [7, 11) is 0. The van der Waals surface area contributed by atoms with Gasteiger partial charge < -0.3 is 19.3 Å². The molecule has 2 atom stereocenters. The highest BCUT2D eigenvalue weighted by Crippen LogP contribution is 2.48. The van der Waals surface area contributed by atoms with Gasteiger partial charge in [-0.05, 0) is 82.1 Å². The molecule has 6 heteroatoms. The van der Waals surface area contributed by atoms with Crippen molar-refractivity contribution in [3.63, 3.8) is 0 Å². The van der Waals surface area contributed by atoms with Crippen LogP contribution < -0.4 is 14.2 Å². The summed E-state index contributed by atoms with van der Waals surface area (Å²) in [6, 6.07) is 23.3. The Morgan fingerprint density at radius 2 is 1.68 bits per heavy atom. The van der Waals surface area contributed by atoms with E-state index in [2.05, 4.69) is 4.90 Å². The number of nitrogens with zero attached hydrogens (tertiary/aromatic N) is 1. The predicted molar refractivity (Wildman–Crippen MR) is 156 cm³/mol. The van der Waals surface area contributed by atoms with Gasteiger partial charge in [-0.2, -0.15) is 0 Å². The molecule has 5 rings (SSSR count). The van der Waals surface area contributed by atoms with Gasteiger partial charge in [0.25, 0.3) is 0 Å². The molecule has 0 aromatic heterocycles. The average Bonchev–Trinajstić information content (AvgIpc) is 2.95. The Morgan fingerprint density at radius 3 is 2.38 bits per heavy atom. The summed E-state index contributed by atoms with van der Waals surface area (Å²) in [4.78, 5) is 14.9. The Morgan fingerprint density at radius 1 is 0.975 bits per heavy atom. The normalized spacial score (nSPS) is 21.2. The number of aliphatic hydroxyl groups is 1. The minimum absolute atomic E-state index is 0.273. The summed E-state index contributed by atoms with van der Waals surface area (Å²) in [5.74, 6) is 1.19. The Bertz CT molecular complexity index is 1280. The molecule has 1 saturated heterocycles. The summed E-state index contributed by atoms with van der Waals surface area (Å²) in [5, 5.41) is 12.4. The largest absolute Gasteiger partial charge is 0.492 e. The van der Waals surface area contributed by atoms with Gasteiger partial charge in [-0.1, -0.05) is 48.9 Å². The molecule has 2 unspecified atom stereocenters. The molecule has 40 heavy (non-hydrogen) atoms. The summed E-state index contributed by atoms with van der Waals surface area (Å²) < 4.78 is 17.8. The van der Waals surface area contributed by atoms with Gasteiger partial charge in [-0.25, -0.2) is 0 Å². The van der Waals surface area contributed by atoms with Crippen LogP contribution in [0.2, 0.25) is 0 Å². The lowest BCUT2D eigenvalue weighted by Gasteiger charge is -2.42. The molecule has 1 fully saturated rings. The zero-order valence-electron chi connectivity index (χ0n) is 23.9. The van der Waals surface area contributed by atoms with Gasteiger partial charge in [-0.3, -0.25) is 9.69 Å². The van der Waals surface area contributed by atoms with Gasteiger partial charge in [0.15, 0.2) is 0 Å². The molecule has 2 aliphatic rings. The van der Waals surface area contributed by atoms with Gasteiger partial charge in [0.2, 0.25) is 0 Å². The minimum atomic E-state index is -1.22. The van der Waals surface area contributed by atoms with Crippen molar-refractivity contribution in [1.82, 2.24) is 4.90 Å². The third-order valence-corrected chi connectivity index (χ3v) is 7.95. The molecule has 0 bridgehead atoms. The van der Waals surface area contributed by atoms with Crippen LogP contribution in [-0.2, 0) is 16.8 Å². The highest BCUT2D eigenvalue weighted by molar-refractivity contribution is 5.78. The van der Waals surface area contributed by atoms with Gasteiger partial charge in [-0.15, -0.1) is 0 Å². The predicted octanol–water partition coefficient (Wildman–Crippen LogP) is 6.11. The molecule has 0 spiro atoms. The smallest absolute Gasteiger partial charge is 0.316 e. The van der Waals surface area contributed by atoms with Crippen LogP contribution in [0.25, 0.3) is 0 Å². The summed E-state index contributed by atoms with van der Waals surface area (Å²) in [6.45, 7) is 9.71. The number of likely N-dealkylation sites (tertiary alicyclic amines) is 1. The number of hydrogen-bond acceptors (Lipinski definition) is 6. The maximum atomic E-state index is 12.5. The fourth-order valence-electron chi connectivity index (χ4n) is 5.57. The minimum Gasteiger partial charge on any atom is -0.492 e. The monoisotopic (exact) mass is 543 g/mol. The first-order valence-corrected chi connectivity index (χ1v) is 14.4. The molecule has 212 valence electrons.